The minimum atomic E-state index is 0.672. The Labute approximate surface area is 229 Å². The summed E-state index contributed by atoms with van der Waals surface area (Å²) < 4.78 is 1.24. The molecular weight excluding hydrogens is 541 g/mol. The first-order valence-corrected chi connectivity index (χ1v) is 15.1. The van der Waals surface area contributed by atoms with Crippen LogP contribution in [-0.4, -0.2) is 40.5 Å². The van der Waals surface area contributed by atoms with Gasteiger partial charge in [0, 0.05) is 46.7 Å². The number of aromatic nitrogens is 1. The molecule has 1 aromatic carbocycles. The third kappa shape index (κ3) is 11.5. The third-order valence-electron chi connectivity index (χ3n) is 6.81. The summed E-state index contributed by atoms with van der Waals surface area (Å²) in [5.41, 5.74) is 6.16. The SMILES string of the molecule is C=C(CCN(C)C(CC(C)C)CC(C)CI)NCCCCc1ccc(-c2ccc(CC)nc2)cc1. The Kier molecular flexibility index (Phi) is 13.9. The van der Waals surface area contributed by atoms with E-state index in [1.807, 2.05) is 6.20 Å². The van der Waals surface area contributed by atoms with Crippen molar-refractivity contribution in [3.8, 4) is 11.1 Å². The van der Waals surface area contributed by atoms with Gasteiger partial charge in [-0.3, -0.25) is 4.98 Å². The van der Waals surface area contributed by atoms with E-state index in [9.17, 15) is 0 Å². The van der Waals surface area contributed by atoms with Gasteiger partial charge in [0.15, 0.2) is 0 Å². The average Bonchev–Trinajstić information content (AvgIpc) is 2.86. The molecule has 2 atom stereocenters. The van der Waals surface area contributed by atoms with E-state index in [0.29, 0.717) is 6.04 Å². The van der Waals surface area contributed by atoms with Gasteiger partial charge in [-0.1, -0.05) is 87.2 Å². The van der Waals surface area contributed by atoms with Gasteiger partial charge in [0.05, 0.1) is 0 Å². The predicted molar refractivity (Wildman–Crippen MR) is 162 cm³/mol. The molecule has 0 aliphatic carbocycles. The second-order valence-corrected chi connectivity index (χ2v) is 11.5. The largest absolute Gasteiger partial charge is 0.389 e. The van der Waals surface area contributed by atoms with Crippen LogP contribution in [0.2, 0.25) is 0 Å². The molecule has 4 heteroatoms. The molecule has 35 heavy (non-hydrogen) atoms. The molecule has 0 aliphatic rings. The number of hydrogen-bond acceptors (Lipinski definition) is 3. The van der Waals surface area contributed by atoms with Gasteiger partial charge >= 0.3 is 0 Å². The number of rotatable bonds is 17. The van der Waals surface area contributed by atoms with Crippen LogP contribution in [0.3, 0.4) is 0 Å². The maximum atomic E-state index is 4.52. The van der Waals surface area contributed by atoms with Gasteiger partial charge in [0.2, 0.25) is 0 Å². The highest BCUT2D eigenvalue weighted by molar-refractivity contribution is 14.1. The van der Waals surface area contributed by atoms with Crippen molar-refractivity contribution in [2.45, 2.75) is 78.7 Å². The second-order valence-electron chi connectivity index (χ2n) is 10.6. The number of nitrogens with one attached hydrogen (secondary N) is 1. The standard InChI is InChI=1S/C31H48IN3/c1-7-30-16-15-29(23-34-30)28-13-11-27(12-14-28)10-8-9-18-33-26(5)17-19-35(6)31(20-24(2)3)21-25(4)22-32/h11-16,23-25,31,33H,5,7-10,17-22H2,1-4,6H3. The van der Waals surface area contributed by atoms with Crippen LogP contribution in [0.1, 0.15) is 71.1 Å². The van der Waals surface area contributed by atoms with Crippen molar-refractivity contribution in [1.29, 1.82) is 0 Å². The van der Waals surface area contributed by atoms with E-state index in [4.69, 9.17) is 0 Å². The van der Waals surface area contributed by atoms with Crippen molar-refractivity contribution in [1.82, 2.24) is 15.2 Å². The quantitative estimate of drug-likeness (QED) is 0.115. The number of unbranched alkanes of at least 4 members (excludes halogenated alkanes) is 1. The summed E-state index contributed by atoms with van der Waals surface area (Å²) >= 11 is 2.52. The van der Waals surface area contributed by atoms with Crippen molar-refractivity contribution >= 4 is 22.6 Å². The molecule has 2 unspecified atom stereocenters. The van der Waals surface area contributed by atoms with E-state index >= 15 is 0 Å². The van der Waals surface area contributed by atoms with Gasteiger partial charge in [-0.15, -0.1) is 0 Å². The molecule has 0 saturated heterocycles. The summed E-state index contributed by atoms with van der Waals surface area (Å²) in [7, 11) is 2.29. The molecule has 194 valence electrons. The first-order chi connectivity index (χ1) is 16.8. The summed E-state index contributed by atoms with van der Waals surface area (Å²) in [6.45, 7) is 15.6. The summed E-state index contributed by atoms with van der Waals surface area (Å²) in [4.78, 5) is 7.08. The van der Waals surface area contributed by atoms with Gasteiger partial charge in [-0.2, -0.15) is 0 Å². The lowest BCUT2D eigenvalue weighted by Gasteiger charge is -2.31. The van der Waals surface area contributed by atoms with Crippen LogP contribution in [0.25, 0.3) is 11.1 Å². The Balaban J connectivity index is 1.65. The molecule has 2 rings (SSSR count). The fraction of sp³-hybridized carbons (Fsp3) is 0.581. The van der Waals surface area contributed by atoms with Crippen LogP contribution in [-0.2, 0) is 12.8 Å². The zero-order valence-corrected chi connectivity index (χ0v) is 25.0. The zero-order valence-electron chi connectivity index (χ0n) is 22.8. The van der Waals surface area contributed by atoms with Crippen molar-refractivity contribution in [3.05, 3.63) is 66.1 Å². The summed E-state index contributed by atoms with van der Waals surface area (Å²) in [6.07, 6.45) is 10.0. The highest BCUT2D eigenvalue weighted by Gasteiger charge is 2.18. The molecule has 1 N–H and O–H groups in total. The van der Waals surface area contributed by atoms with Crippen molar-refractivity contribution < 1.29 is 0 Å². The van der Waals surface area contributed by atoms with E-state index in [2.05, 4.69) is 116 Å². The van der Waals surface area contributed by atoms with Crippen LogP contribution >= 0.6 is 22.6 Å². The van der Waals surface area contributed by atoms with E-state index in [1.165, 1.54) is 52.5 Å². The number of halogens is 1. The molecule has 0 radical (unpaired) electrons. The monoisotopic (exact) mass is 589 g/mol. The third-order valence-corrected chi connectivity index (χ3v) is 8.32. The number of hydrogen-bond donors (Lipinski definition) is 1. The lowest BCUT2D eigenvalue weighted by atomic mass is 9.94. The van der Waals surface area contributed by atoms with Gasteiger partial charge < -0.3 is 10.2 Å². The van der Waals surface area contributed by atoms with E-state index in [0.717, 1.165) is 49.9 Å². The molecule has 0 aliphatic heterocycles. The number of aryl methyl sites for hydroxylation is 2. The van der Waals surface area contributed by atoms with E-state index in [-0.39, 0.29) is 0 Å². The summed E-state index contributed by atoms with van der Waals surface area (Å²) in [5, 5.41) is 3.57. The van der Waals surface area contributed by atoms with Crippen LogP contribution in [0, 0.1) is 11.8 Å². The van der Waals surface area contributed by atoms with Crippen LogP contribution in [0.5, 0.6) is 0 Å². The average molecular weight is 590 g/mol. The molecular formula is C31H48IN3. The fourth-order valence-corrected chi connectivity index (χ4v) is 4.86. The smallest absolute Gasteiger partial charge is 0.0401 e. The van der Waals surface area contributed by atoms with Crippen LogP contribution < -0.4 is 5.32 Å². The van der Waals surface area contributed by atoms with Crippen LogP contribution in [0.4, 0.5) is 0 Å². The first kappa shape index (κ1) is 29.8. The van der Waals surface area contributed by atoms with Crippen molar-refractivity contribution in [2.75, 3.05) is 24.6 Å². The number of nitrogens with zero attached hydrogens (tertiary/aromatic N) is 2. The first-order valence-electron chi connectivity index (χ1n) is 13.5. The Bertz CT molecular complexity index is 845. The molecule has 0 amide bonds. The molecule has 1 aromatic heterocycles. The topological polar surface area (TPSA) is 28.2 Å². The van der Waals surface area contributed by atoms with Gasteiger partial charge in [0.1, 0.15) is 0 Å². The van der Waals surface area contributed by atoms with E-state index < -0.39 is 0 Å². The lowest BCUT2D eigenvalue weighted by molar-refractivity contribution is 0.188. The molecule has 0 fully saturated rings. The Hall–Kier alpha value is -1.40. The minimum Gasteiger partial charge on any atom is -0.389 e. The lowest BCUT2D eigenvalue weighted by Crippen LogP contribution is -2.36. The van der Waals surface area contributed by atoms with Gasteiger partial charge in [0.25, 0.3) is 0 Å². The number of benzene rings is 1. The highest BCUT2D eigenvalue weighted by atomic mass is 127. The minimum absolute atomic E-state index is 0.672. The van der Waals surface area contributed by atoms with E-state index in [1.54, 1.807) is 0 Å². The highest BCUT2D eigenvalue weighted by Crippen LogP contribution is 2.21. The molecule has 1 heterocycles. The summed E-state index contributed by atoms with van der Waals surface area (Å²) in [6, 6.07) is 13.9. The fourth-order valence-electron chi connectivity index (χ4n) is 4.50. The maximum absolute atomic E-state index is 4.52. The molecule has 0 saturated carbocycles. The Morgan fingerprint density at radius 2 is 1.74 bits per heavy atom. The van der Waals surface area contributed by atoms with Gasteiger partial charge in [-0.25, -0.2) is 0 Å². The second kappa shape index (κ2) is 16.4. The van der Waals surface area contributed by atoms with Gasteiger partial charge in [-0.05, 0) is 81.0 Å². The van der Waals surface area contributed by atoms with Crippen molar-refractivity contribution in [2.24, 2.45) is 11.8 Å². The normalized spacial score (nSPS) is 13.3. The van der Waals surface area contributed by atoms with Crippen molar-refractivity contribution in [3.63, 3.8) is 0 Å². The molecule has 2 aromatic rings. The molecule has 0 spiro atoms. The number of pyridine rings is 1. The predicted octanol–water partition coefficient (Wildman–Crippen LogP) is 7.93. The number of alkyl halides is 1. The van der Waals surface area contributed by atoms with Crippen LogP contribution in [0.15, 0.2) is 54.9 Å². The molecule has 0 bridgehead atoms. The Morgan fingerprint density at radius 1 is 1.03 bits per heavy atom. The zero-order chi connectivity index (χ0) is 25.6. The summed E-state index contributed by atoms with van der Waals surface area (Å²) in [5.74, 6) is 1.52. The maximum Gasteiger partial charge on any atom is 0.0401 e. The molecule has 3 nitrogen and oxygen atoms in total. The Morgan fingerprint density at radius 3 is 2.34 bits per heavy atom.